The van der Waals surface area contributed by atoms with Crippen LogP contribution in [0, 0.1) is 0 Å². The van der Waals surface area contributed by atoms with Gasteiger partial charge in [0.1, 0.15) is 16.7 Å². The summed E-state index contributed by atoms with van der Waals surface area (Å²) in [5.41, 5.74) is 3.17. The highest BCUT2D eigenvalue weighted by Crippen LogP contribution is 2.26. The highest BCUT2D eigenvalue weighted by molar-refractivity contribution is 6.30. The van der Waals surface area contributed by atoms with Crippen LogP contribution in [0.2, 0.25) is 5.15 Å². The normalized spacial score (nSPS) is 13.8. The summed E-state index contributed by atoms with van der Waals surface area (Å²) < 4.78 is 40.8. The molecule has 3 aromatic carbocycles. The van der Waals surface area contributed by atoms with Crippen LogP contribution in [-0.2, 0) is 11.2 Å². The molecule has 1 N–H and O–H groups in total. The first-order chi connectivity index (χ1) is 24.2. The molecule has 6 rings (SSSR count). The summed E-state index contributed by atoms with van der Waals surface area (Å²) in [5.74, 6) is -0.0710. The molecule has 1 fully saturated rings. The monoisotopic (exact) mass is 756 g/mol. The van der Waals surface area contributed by atoms with Gasteiger partial charge in [-0.15, -0.1) is 25.6 Å². The zero-order chi connectivity index (χ0) is 36.9. The highest BCUT2D eigenvalue weighted by atomic mass is 35.5. The standard InChI is InChI=1S/C25H25F3N4O3.C12H11ClN2O.ClH/c1-31(2)24(34)20-14-22(30-21-6-4-3-5-19(20)21)29-17-11-12-32(15-17)23(33)13-16-7-9-18(10-8-16)35-25(26,27)28;1-15(2)12(16)9-7-11(13)14-10-6-4-3-5-8(9)10;/h3-10,14,17H,11-13,15H2,1-2H3,(H,29,30);3-7H,1-2H3;1H/t17-;;/m0../s1. The Morgan fingerprint density at radius 1 is 0.846 bits per heavy atom. The second-order valence-corrected chi connectivity index (χ2v) is 12.7. The Bertz CT molecular complexity index is 2060. The number of ether oxygens (including phenoxy) is 1. The van der Waals surface area contributed by atoms with E-state index >= 15 is 0 Å². The predicted molar refractivity (Wildman–Crippen MR) is 197 cm³/mol. The van der Waals surface area contributed by atoms with Gasteiger partial charge in [0.05, 0.1) is 28.6 Å². The Morgan fingerprint density at radius 3 is 1.94 bits per heavy atom. The Labute approximate surface area is 309 Å². The van der Waals surface area contributed by atoms with Gasteiger partial charge in [-0.2, -0.15) is 0 Å². The average molecular weight is 758 g/mol. The third-order valence-corrected chi connectivity index (χ3v) is 8.27. The van der Waals surface area contributed by atoms with E-state index in [2.05, 4.69) is 20.0 Å². The van der Waals surface area contributed by atoms with Crippen LogP contribution in [0.15, 0.2) is 84.9 Å². The number of anilines is 1. The number of likely N-dealkylation sites (tertiary alicyclic amines) is 1. The number of benzene rings is 3. The number of hydrogen-bond donors (Lipinski definition) is 1. The lowest BCUT2D eigenvalue weighted by atomic mass is 10.1. The largest absolute Gasteiger partial charge is 0.573 e. The number of nitrogens with one attached hydrogen (secondary N) is 1. The number of rotatable bonds is 7. The minimum absolute atomic E-state index is 0. The molecule has 1 aliphatic heterocycles. The molecule has 10 nitrogen and oxygen atoms in total. The number of hydrogen-bond acceptors (Lipinski definition) is 7. The van der Waals surface area contributed by atoms with E-state index < -0.39 is 6.36 Å². The molecule has 15 heteroatoms. The van der Waals surface area contributed by atoms with Gasteiger partial charge in [-0.25, -0.2) is 9.97 Å². The Hall–Kier alpha value is -5.14. The fraction of sp³-hybridized carbons (Fsp3) is 0.270. The molecule has 52 heavy (non-hydrogen) atoms. The van der Waals surface area contributed by atoms with Gasteiger partial charge in [-0.3, -0.25) is 14.4 Å². The van der Waals surface area contributed by atoms with Crippen LogP contribution in [0.3, 0.4) is 0 Å². The summed E-state index contributed by atoms with van der Waals surface area (Å²) in [6, 6.07) is 23.5. The van der Waals surface area contributed by atoms with E-state index in [-0.39, 0.29) is 48.3 Å². The molecule has 0 saturated carbocycles. The van der Waals surface area contributed by atoms with E-state index in [1.807, 2.05) is 48.5 Å². The molecule has 2 aromatic heterocycles. The first-order valence-corrected chi connectivity index (χ1v) is 16.3. The Balaban J connectivity index is 0.000000298. The number of amides is 3. The number of carbonyl (C=O) groups excluding carboxylic acids is 3. The van der Waals surface area contributed by atoms with E-state index in [0.29, 0.717) is 52.7 Å². The summed E-state index contributed by atoms with van der Waals surface area (Å²) in [5, 5.41) is 5.28. The van der Waals surface area contributed by atoms with Crippen molar-refractivity contribution in [3.8, 4) is 5.75 Å². The van der Waals surface area contributed by atoms with Crippen LogP contribution in [0.5, 0.6) is 5.75 Å². The van der Waals surface area contributed by atoms with Crippen LogP contribution in [0.1, 0.15) is 32.7 Å². The van der Waals surface area contributed by atoms with E-state index in [9.17, 15) is 27.6 Å². The molecule has 0 bridgehead atoms. The van der Waals surface area contributed by atoms with Gasteiger partial charge in [0.2, 0.25) is 5.91 Å². The quantitative estimate of drug-likeness (QED) is 0.177. The number of alkyl halides is 3. The average Bonchev–Trinajstić information content (AvgIpc) is 3.56. The second-order valence-electron chi connectivity index (χ2n) is 12.3. The molecule has 0 spiro atoms. The fourth-order valence-corrected chi connectivity index (χ4v) is 5.84. The van der Waals surface area contributed by atoms with Gasteiger partial charge in [-0.1, -0.05) is 60.1 Å². The molecule has 5 aromatic rings. The lowest BCUT2D eigenvalue weighted by Crippen LogP contribution is -2.32. The maximum Gasteiger partial charge on any atom is 0.573 e. The Kier molecular flexibility index (Phi) is 12.9. The van der Waals surface area contributed by atoms with Crippen molar-refractivity contribution in [3.63, 3.8) is 0 Å². The maximum atomic E-state index is 12.7. The molecule has 1 saturated heterocycles. The molecular formula is C37H37Cl2F3N6O4. The van der Waals surface area contributed by atoms with Gasteiger partial charge >= 0.3 is 6.36 Å². The zero-order valence-electron chi connectivity index (χ0n) is 28.8. The number of para-hydroxylation sites is 2. The lowest BCUT2D eigenvalue weighted by molar-refractivity contribution is -0.274. The zero-order valence-corrected chi connectivity index (χ0v) is 30.4. The third-order valence-electron chi connectivity index (χ3n) is 8.08. The highest BCUT2D eigenvalue weighted by Gasteiger charge is 2.31. The topological polar surface area (TPSA) is 108 Å². The first kappa shape index (κ1) is 39.6. The summed E-state index contributed by atoms with van der Waals surface area (Å²) in [6.07, 6.45) is -3.97. The van der Waals surface area contributed by atoms with Crippen LogP contribution in [0.4, 0.5) is 19.0 Å². The molecule has 1 atom stereocenters. The van der Waals surface area contributed by atoms with Crippen LogP contribution >= 0.6 is 24.0 Å². The van der Waals surface area contributed by atoms with Crippen LogP contribution < -0.4 is 10.1 Å². The van der Waals surface area contributed by atoms with Crippen LogP contribution in [-0.4, -0.2) is 96.1 Å². The molecule has 3 heterocycles. The van der Waals surface area contributed by atoms with Crippen molar-refractivity contribution < 1.29 is 32.3 Å². The summed E-state index contributed by atoms with van der Waals surface area (Å²) in [7, 11) is 6.82. The molecule has 0 radical (unpaired) electrons. The summed E-state index contributed by atoms with van der Waals surface area (Å²) >= 11 is 5.89. The van der Waals surface area contributed by atoms with Gasteiger partial charge in [0, 0.05) is 58.1 Å². The molecule has 3 amide bonds. The van der Waals surface area contributed by atoms with E-state index in [1.54, 1.807) is 45.2 Å². The predicted octanol–water partition coefficient (Wildman–Crippen LogP) is 7.10. The SMILES string of the molecule is CN(C)C(=O)c1cc(Cl)nc2ccccc12.CN(C)C(=O)c1cc(N[C@H]2CCN(C(=O)Cc3ccc(OC(F)(F)F)cc3)C2)nc2ccccc12.Cl. The van der Waals surface area contributed by atoms with Crippen LogP contribution in [0.25, 0.3) is 21.8 Å². The van der Waals surface area contributed by atoms with Crippen molar-refractivity contribution in [1.82, 2.24) is 24.7 Å². The van der Waals surface area contributed by atoms with E-state index in [0.717, 1.165) is 16.3 Å². The molecule has 0 aliphatic carbocycles. The smallest absolute Gasteiger partial charge is 0.406 e. The lowest BCUT2D eigenvalue weighted by Gasteiger charge is -2.19. The van der Waals surface area contributed by atoms with Crippen molar-refractivity contribution in [2.24, 2.45) is 0 Å². The van der Waals surface area contributed by atoms with Gasteiger partial charge in [0.25, 0.3) is 11.8 Å². The number of nitrogens with zero attached hydrogens (tertiary/aromatic N) is 5. The van der Waals surface area contributed by atoms with Crippen molar-refractivity contribution in [3.05, 3.63) is 107 Å². The van der Waals surface area contributed by atoms with Crippen molar-refractivity contribution >= 4 is 69.4 Å². The van der Waals surface area contributed by atoms with Crippen molar-refractivity contribution in [1.29, 1.82) is 0 Å². The summed E-state index contributed by atoms with van der Waals surface area (Å²) in [6.45, 7) is 1.00. The Morgan fingerprint density at radius 2 is 1.38 bits per heavy atom. The number of carbonyl (C=O) groups is 3. The van der Waals surface area contributed by atoms with E-state index in [4.69, 9.17) is 11.6 Å². The van der Waals surface area contributed by atoms with Gasteiger partial charge in [-0.05, 0) is 48.4 Å². The minimum atomic E-state index is -4.75. The molecule has 1 aliphatic rings. The number of pyridine rings is 2. The molecular weight excluding hydrogens is 720 g/mol. The van der Waals surface area contributed by atoms with Gasteiger partial charge in [0.15, 0.2) is 0 Å². The first-order valence-electron chi connectivity index (χ1n) is 16.0. The summed E-state index contributed by atoms with van der Waals surface area (Å²) in [4.78, 5) is 51.0. The third kappa shape index (κ3) is 10.0. The van der Waals surface area contributed by atoms with Crippen molar-refractivity contribution in [2.45, 2.75) is 25.2 Å². The fourth-order valence-electron chi connectivity index (χ4n) is 5.64. The molecule has 0 unspecified atom stereocenters. The maximum absolute atomic E-state index is 12.7. The number of fused-ring (bicyclic) bond motifs is 2. The number of aromatic nitrogens is 2. The minimum Gasteiger partial charge on any atom is -0.406 e. The van der Waals surface area contributed by atoms with E-state index in [1.165, 1.54) is 34.1 Å². The van der Waals surface area contributed by atoms with Crippen molar-refractivity contribution in [2.75, 3.05) is 46.6 Å². The van der Waals surface area contributed by atoms with Gasteiger partial charge < -0.3 is 24.8 Å². The second kappa shape index (κ2) is 16.9. The molecule has 274 valence electrons. The number of halogens is 5.